The standard InChI is InChI=1S/C14H21ClFN3O/c1-2-19-5-6-20-14(9-19)13(18-17)7-10-3-4-11(16)8-12(10)15/h3-4,8,13-14,18H,2,5-7,9,17H2,1H3. The summed E-state index contributed by atoms with van der Waals surface area (Å²) >= 11 is 6.07. The van der Waals surface area contributed by atoms with Gasteiger partial charge in [0.25, 0.3) is 0 Å². The van der Waals surface area contributed by atoms with Crippen molar-refractivity contribution < 1.29 is 9.13 Å². The van der Waals surface area contributed by atoms with Crippen LogP contribution in [0.25, 0.3) is 0 Å². The molecule has 2 rings (SSSR count). The van der Waals surface area contributed by atoms with Crippen LogP contribution in [0.3, 0.4) is 0 Å². The highest BCUT2D eigenvalue weighted by atomic mass is 35.5. The lowest BCUT2D eigenvalue weighted by atomic mass is 10.0. The molecule has 2 unspecified atom stereocenters. The Balaban J connectivity index is 2.04. The largest absolute Gasteiger partial charge is 0.374 e. The third-order valence-corrected chi connectivity index (χ3v) is 4.09. The first-order valence-electron chi connectivity index (χ1n) is 6.88. The molecule has 0 spiro atoms. The average molecular weight is 302 g/mol. The minimum Gasteiger partial charge on any atom is -0.374 e. The fourth-order valence-electron chi connectivity index (χ4n) is 2.48. The van der Waals surface area contributed by atoms with Gasteiger partial charge in [0.1, 0.15) is 5.82 Å². The van der Waals surface area contributed by atoms with E-state index < -0.39 is 0 Å². The fourth-order valence-corrected chi connectivity index (χ4v) is 2.73. The van der Waals surface area contributed by atoms with Crippen molar-refractivity contribution in [2.75, 3.05) is 26.2 Å². The Morgan fingerprint density at radius 2 is 2.40 bits per heavy atom. The molecule has 0 radical (unpaired) electrons. The molecule has 1 saturated heterocycles. The number of hydrogen-bond donors (Lipinski definition) is 2. The van der Waals surface area contributed by atoms with E-state index in [2.05, 4.69) is 17.2 Å². The zero-order chi connectivity index (χ0) is 14.5. The number of morpholine rings is 1. The third kappa shape index (κ3) is 3.90. The number of benzene rings is 1. The van der Waals surface area contributed by atoms with Gasteiger partial charge in [-0.25, -0.2) is 4.39 Å². The number of nitrogens with two attached hydrogens (primary N) is 1. The predicted octanol–water partition coefficient (Wildman–Crippen LogP) is 1.57. The van der Waals surface area contributed by atoms with E-state index in [-0.39, 0.29) is 18.0 Å². The molecule has 0 aromatic heterocycles. The molecule has 3 N–H and O–H groups in total. The first kappa shape index (κ1) is 15.7. The summed E-state index contributed by atoms with van der Waals surface area (Å²) in [6, 6.07) is 4.38. The Bertz CT molecular complexity index is 446. The molecular weight excluding hydrogens is 281 g/mol. The maximum Gasteiger partial charge on any atom is 0.124 e. The molecule has 4 nitrogen and oxygen atoms in total. The van der Waals surface area contributed by atoms with Gasteiger partial charge in [0.05, 0.1) is 18.8 Å². The van der Waals surface area contributed by atoms with E-state index in [9.17, 15) is 4.39 Å². The van der Waals surface area contributed by atoms with Gasteiger partial charge in [0.15, 0.2) is 0 Å². The van der Waals surface area contributed by atoms with Crippen LogP contribution in [0, 0.1) is 5.82 Å². The van der Waals surface area contributed by atoms with Crippen molar-refractivity contribution in [1.29, 1.82) is 0 Å². The number of nitrogens with one attached hydrogen (secondary N) is 1. The van der Waals surface area contributed by atoms with Crippen LogP contribution in [0.15, 0.2) is 18.2 Å². The quantitative estimate of drug-likeness (QED) is 0.640. The fraction of sp³-hybridized carbons (Fsp3) is 0.571. The molecule has 1 aromatic carbocycles. The van der Waals surface area contributed by atoms with E-state index in [1.54, 1.807) is 6.07 Å². The van der Waals surface area contributed by atoms with Gasteiger partial charge in [-0.3, -0.25) is 16.2 Å². The third-order valence-electron chi connectivity index (χ3n) is 3.74. The number of ether oxygens (including phenoxy) is 1. The van der Waals surface area contributed by atoms with Gasteiger partial charge in [-0.2, -0.15) is 0 Å². The lowest BCUT2D eigenvalue weighted by Gasteiger charge is -2.36. The molecular formula is C14H21ClFN3O. The lowest BCUT2D eigenvalue weighted by molar-refractivity contribution is -0.0447. The highest BCUT2D eigenvalue weighted by Crippen LogP contribution is 2.21. The zero-order valence-corrected chi connectivity index (χ0v) is 12.4. The smallest absolute Gasteiger partial charge is 0.124 e. The Morgan fingerprint density at radius 1 is 1.60 bits per heavy atom. The molecule has 0 saturated carbocycles. The van der Waals surface area contributed by atoms with Crippen LogP contribution >= 0.6 is 11.6 Å². The van der Waals surface area contributed by atoms with E-state index in [4.69, 9.17) is 22.2 Å². The Labute approximate surface area is 124 Å². The maximum absolute atomic E-state index is 13.1. The molecule has 1 fully saturated rings. The second-order valence-electron chi connectivity index (χ2n) is 5.02. The van der Waals surface area contributed by atoms with Gasteiger partial charge < -0.3 is 4.74 Å². The number of likely N-dealkylation sites (N-methyl/N-ethyl adjacent to an activating group) is 1. The Kier molecular flexibility index (Phi) is 5.74. The molecule has 6 heteroatoms. The number of hydrogen-bond acceptors (Lipinski definition) is 4. The van der Waals surface area contributed by atoms with Crippen LogP contribution < -0.4 is 11.3 Å². The zero-order valence-electron chi connectivity index (χ0n) is 11.6. The summed E-state index contributed by atoms with van der Waals surface area (Å²) in [5, 5.41) is 0.424. The number of halogens is 2. The second kappa shape index (κ2) is 7.33. The predicted molar refractivity (Wildman–Crippen MR) is 78.1 cm³/mol. The van der Waals surface area contributed by atoms with Crippen LogP contribution in [0.4, 0.5) is 4.39 Å². The molecule has 2 atom stereocenters. The van der Waals surface area contributed by atoms with Gasteiger partial charge in [-0.1, -0.05) is 24.6 Å². The SMILES string of the molecule is CCN1CCOC(C(Cc2ccc(F)cc2Cl)NN)C1. The summed E-state index contributed by atoms with van der Waals surface area (Å²) in [7, 11) is 0. The van der Waals surface area contributed by atoms with Crippen molar-refractivity contribution in [2.24, 2.45) is 5.84 Å². The highest BCUT2D eigenvalue weighted by Gasteiger charge is 2.27. The summed E-state index contributed by atoms with van der Waals surface area (Å²) < 4.78 is 18.9. The molecule has 1 aromatic rings. The molecule has 0 amide bonds. The van der Waals surface area contributed by atoms with Crippen LogP contribution in [0.5, 0.6) is 0 Å². The normalized spacial score (nSPS) is 21.9. The van der Waals surface area contributed by atoms with E-state index in [0.29, 0.717) is 18.1 Å². The summed E-state index contributed by atoms with van der Waals surface area (Å²) in [5.41, 5.74) is 3.67. The maximum atomic E-state index is 13.1. The van der Waals surface area contributed by atoms with Crippen molar-refractivity contribution in [3.8, 4) is 0 Å². The van der Waals surface area contributed by atoms with Gasteiger partial charge in [0, 0.05) is 18.1 Å². The van der Waals surface area contributed by atoms with Crippen molar-refractivity contribution >= 4 is 11.6 Å². The lowest BCUT2D eigenvalue weighted by Crippen LogP contribution is -2.54. The van der Waals surface area contributed by atoms with Crippen molar-refractivity contribution in [3.05, 3.63) is 34.6 Å². The van der Waals surface area contributed by atoms with E-state index >= 15 is 0 Å². The Hall–Kier alpha value is -0.720. The molecule has 1 heterocycles. The minimum absolute atomic E-state index is 0.00909. The van der Waals surface area contributed by atoms with Crippen molar-refractivity contribution in [1.82, 2.24) is 10.3 Å². The van der Waals surface area contributed by atoms with Gasteiger partial charge in [-0.15, -0.1) is 0 Å². The van der Waals surface area contributed by atoms with Gasteiger partial charge >= 0.3 is 0 Å². The van der Waals surface area contributed by atoms with E-state index in [1.807, 2.05) is 0 Å². The number of hydrazine groups is 1. The summed E-state index contributed by atoms with van der Waals surface area (Å²) in [6.07, 6.45) is 0.618. The highest BCUT2D eigenvalue weighted by molar-refractivity contribution is 6.31. The first-order valence-corrected chi connectivity index (χ1v) is 7.25. The van der Waals surface area contributed by atoms with Crippen molar-refractivity contribution in [3.63, 3.8) is 0 Å². The van der Waals surface area contributed by atoms with Crippen LogP contribution in [-0.4, -0.2) is 43.3 Å². The second-order valence-corrected chi connectivity index (χ2v) is 5.42. The monoisotopic (exact) mass is 301 g/mol. The van der Waals surface area contributed by atoms with Crippen LogP contribution in [0.2, 0.25) is 5.02 Å². The molecule has 0 aliphatic carbocycles. The molecule has 20 heavy (non-hydrogen) atoms. The average Bonchev–Trinajstić information content (AvgIpc) is 2.46. The van der Waals surface area contributed by atoms with Crippen molar-refractivity contribution in [2.45, 2.75) is 25.5 Å². The molecule has 112 valence electrons. The number of nitrogens with zero attached hydrogens (tertiary/aromatic N) is 1. The number of rotatable bonds is 5. The molecule has 1 aliphatic heterocycles. The van der Waals surface area contributed by atoms with Crippen LogP contribution in [0.1, 0.15) is 12.5 Å². The first-order chi connectivity index (χ1) is 9.63. The van der Waals surface area contributed by atoms with Gasteiger partial charge in [0.2, 0.25) is 0 Å². The minimum atomic E-state index is -0.331. The summed E-state index contributed by atoms with van der Waals surface area (Å²) in [5.74, 6) is 5.32. The van der Waals surface area contributed by atoms with E-state index in [1.165, 1.54) is 12.1 Å². The molecule has 1 aliphatic rings. The Morgan fingerprint density at radius 3 is 3.05 bits per heavy atom. The van der Waals surface area contributed by atoms with E-state index in [0.717, 1.165) is 25.2 Å². The summed E-state index contributed by atoms with van der Waals surface area (Å²) in [4.78, 5) is 2.32. The van der Waals surface area contributed by atoms with Crippen LogP contribution in [-0.2, 0) is 11.2 Å². The topological polar surface area (TPSA) is 50.5 Å². The summed E-state index contributed by atoms with van der Waals surface area (Å²) in [6.45, 7) is 5.61. The molecule has 0 bridgehead atoms. The van der Waals surface area contributed by atoms with Gasteiger partial charge in [-0.05, 0) is 30.7 Å².